The maximum absolute atomic E-state index is 11.5. The lowest BCUT2D eigenvalue weighted by molar-refractivity contribution is -0.156. The van der Waals surface area contributed by atoms with Gasteiger partial charge in [-0.2, -0.15) is 0 Å². The van der Waals surface area contributed by atoms with E-state index in [9.17, 15) is 9.59 Å². The smallest absolute Gasteiger partial charge is 0.313 e. The van der Waals surface area contributed by atoms with Gasteiger partial charge in [0.1, 0.15) is 12.0 Å². The fourth-order valence-electron chi connectivity index (χ4n) is 1.18. The van der Waals surface area contributed by atoms with Crippen LogP contribution in [0.15, 0.2) is 0 Å². The van der Waals surface area contributed by atoms with Gasteiger partial charge in [0.2, 0.25) is 0 Å². The lowest BCUT2D eigenvalue weighted by Gasteiger charge is -2.19. The van der Waals surface area contributed by atoms with E-state index in [1.807, 2.05) is 0 Å². The normalized spacial score (nSPS) is 21.4. The summed E-state index contributed by atoms with van der Waals surface area (Å²) in [5.74, 6) is -0.563. The molecule has 1 aliphatic rings. The van der Waals surface area contributed by atoms with Gasteiger partial charge in [-0.05, 0) is 27.2 Å². The highest BCUT2D eigenvalue weighted by Crippen LogP contribution is 2.26. The van der Waals surface area contributed by atoms with Gasteiger partial charge in [0.05, 0.1) is 11.9 Å². The molecule has 4 nitrogen and oxygen atoms in total. The molecule has 0 spiro atoms. The second-order valence-electron chi connectivity index (χ2n) is 4.43. The van der Waals surface area contributed by atoms with E-state index < -0.39 is 11.6 Å². The van der Waals surface area contributed by atoms with Crippen molar-refractivity contribution in [2.75, 3.05) is 6.61 Å². The topological polar surface area (TPSA) is 52.6 Å². The lowest BCUT2D eigenvalue weighted by atomic mass is 10.1. The van der Waals surface area contributed by atoms with Crippen molar-refractivity contribution in [2.45, 2.75) is 44.5 Å². The number of carbonyl (C=O) groups excluding carboxylic acids is 2. The van der Waals surface area contributed by atoms with Gasteiger partial charge in [0.15, 0.2) is 5.78 Å². The number of ether oxygens (including phenoxy) is 1. The van der Waals surface area contributed by atoms with Gasteiger partial charge in [0.25, 0.3) is 0 Å². The molecule has 0 saturated carbocycles. The molecule has 1 aliphatic heterocycles. The first-order valence-corrected chi connectivity index (χ1v) is 5.72. The van der Waals surface area contributed by atoms with E-state index in [-0.39, 0.29) is 17.5 Å². The maximum Gasteiger partial charge on any atom is 0.313 e. The summed E-state index contributed by atoms with van der Waals surface area (Å²) in [5, 5.41) is -0.197. The number of Topliss-reactive ketones (excluding diaryl/α,β-unsaturated/α-hetero) is 1. The van der Waals surface area contributed by atoms with Crippen LogP contribution in [-0.4, -0.2) is 29.2 Å². The number of carbonyl (C=O) groups is 2. The fourth-order valence-corrected chi connectivity index (χ4v) is 1.92. The summed E-state index contributed by atoms with van der Waals surface area (Å²) >= 11 is 1.15. The van der Waals surface area contributed by atoms with Crippen molar-refractivity contribution in [1.29, 1.82) is 0 Å². The molecule has 1 atom stereocenters. The fraction of sp³-hybridized carbons (Fsp3) is 0.800. The number of ketones is 1. The van der Waals surface area contributed by atoms with Gasteiger partial charge >= 0.3 is 5.97 Å². The zero-order valence-corrected chi connectivity index (χ0v) is 10.1. The van der Waals surface area contributed by atoms with Crippen LogP contribution in [0.4, 0.5) is 0 Å². The van der Waals surface area contributed by atoms with Crippen LogP contribution in [0.2, 0.25) is 0 Å². The molecule has 1 rings (SSSR count). The zero-order valence-electron chi connectivity index (χ0n) is 9.24. The molecule has 0 amide bonds. The molecule has 1 heterocycles. The first kappa shape index (κ1) is 12.5. The van der Waals surface area contributed by atoms with Gasteiger partial charge in [0, 0.05) is 12.0 Å². The van der Waals surface area contributed by atoms with E-state index in [0.717, 1.165) is 12.0 Å². The highest BCUT2D eigenvalue weighted by molar-refractivity contribution is 7.96. The minimum absolute atomic E-state index is 0.105. The summed E-state index contributed by atoms with van der Waals surface area (Å²) in [5.41, 5.74) is -0.531. The predicted molar refractivity (Wildman–Crippen MR) is 57.4 cm³/mol. The Labute approximate surface area is 93.9 Å². The van der Waals surface area contributed by atoms with Gasteiger partial charge in [-0.25, -0.2) is 0 Å². The Morgan fingerprint density at radius 3 is 2.60 bits per heavy atom. The second kappa shape index (κ2) is 4.99. The Balaban J connectivity index is 2.34. The summed E-state index contributed by atoms with van der Waals surface area (Å²) in [6, 6.07) is 0. The molecule has 5 heteroatoms. The molecule has 1 fully saturated rings. The molecule has 0 bridgehead atoms. The second-order valence-corrected chi connectivity index (χ2v) is 5.42. The number of hydrogen-bond acceptors (Lipinski definition) is 5. The lowest BCUT2D eigenvalue weighted by Crippen LogP contribution is -2.27. The Hall–Kier alpha value is -0.550. The third kappa shape index (κ3) is 4.66. The van der Waals surface area contributed by atoms with Crippen molar-refractivity contribution in [2.24, 2.45) is 0 Å². The summed E-state index contributed by atoms with van der Waals surface area (Å²) in [7, 11) is 0. The zero-order chi connectivity index (χ0) is 11.5. The molecule has 1 saturated heterocycles. The Morgan fingerprint density at radius 2 is 2.13 bits per heavy atom. The van der Waals surface area contributed by atoms with Gasteiger partial charge in [-0.15, -0.1) is 0 Å². The number of rotatable bonds is 3. The van der Waals surface area contributed by atoms with E-state index >= 15 is 0 Å². The molecule has 0 radical (unpaired) electrons. The quantitative estimate of drug-likeness (QED) is 0.421. The van der Waals surface area contributed by atoms with Gasteiger partial charge in [-0.3, -0.25) is 9.59 Å². The summed E-state index contributed by atoms with van der Waals surface area (Å²) < 4.78 is 10.1. The monoisotopic (exact) mass is 232 g/mol. The standard InChI is InChI=1S/C10H16O4S/c1-10(2,3)14-9(12)6-7(11)8-4-5-13-15-8/h8H,4-6H2,1-3H3. The molecule has 0 N–H and O–H groups in total. The van der Waals surface area contributed by atoms with Crippen LogP contribution >= 0.6 is 12.0 Å². The Kier molecular flexibility index (Phi) is 4.16. The van der Waals surface area contributed by atoms with Gasteiger partial charge in [-0.1, -0.05) is 0 Å². The Bertz CT molecular complexity index is 251. The van der Waals surface area contributed by atoms with Crippen LogP contribution in [-0.2, 0) is 18.5 Å². The summed E-state index contributed by atoms with van der Waals surface area (Å²) in [4.78, 5) is 22.9. The van der Waals surface area contributed by atoms with E-state index in [1.165, 1.54) is 0 Å². The molecular formula is C10H16O4S. The van der Waals surface area contributed by atoms with Crippen molar-refractivity contribution in [3.05, 3.63) is 0 Å². The third-order valence-electron chi connectivity index (χ3n) is 1.75. The predicted octanol–water partition coefficient (Wildman–Crippen LogP) is 1.72. The Morgan fingerprint density at radius 1 is 1.47 bits per heavy atom. The molecule has 86 valence electrons. The van der Waals surface area contributed by atoms with Gasteiger partial charge < -0.3 is 8.92 Å². The van der Waals surface area contributed by atoms with E-state index in [0.29, 0.717) is 13.0 Å². The van der Waals surface area contributed by atoms with Crippen molar-refractivity contribution >= 4 is 23.8 Å². The van der Waals surface area contributed by atoms with Crippen LogP contribution in [0.1, 0.15) is 33.6 Å². The third-order valence-corrected chi connectivity index (χ3v) is 2.78. The SMILES string of the molecule is CC(C)(C)OC(=O)CC(=O)C1CCOS1. The van der Waals surface area contributed by atoms with Crippen LogP contribution in [0, 0.1) is 0 Å². The molecule has 15 heavy (non-hydrogen) atoms. The minimum atomic E-state index is -0.531. The van der Waals surface area contributed by atoms with Crippen LogP contribution < -0.4 is 0 Å². The van der Waals surface area contributed by atoms with Crippen molar-refractivity contribution < 1.29 is 18.5 Å². The van der Waals surface area contributed by atoms with E-state index in [2.05, 4.69) is 0 Å². The average Bonchev–Trinajstić information content (AvgIpc) is 2.50. The molecular weight excluding hydrogens is 216 g/mol. The number of hydrogen-bond donors (Lipinski definition) is 0. The largest absolute Gasteiger partial charge is 0.460 e. The van der Waals surface area contributed by atoms with Crippen LogP contribution in [0.3, 0.4) is 0 Å². The molecule has 0 aliphatic carbocycles. The highest BCUT2D eigenvalue weighted by atomic mass is 32.2. The average molecular weight is 232 g/mol. The molecule has 0 aromatic rings. The van der Waals surface area contributed by atoms with Crippen molar-refractivity contribution in [1.82, 2.24) is 0 Å². The molecule has 0 aromatic carbocycles. The highest BCUT2D eigenvalue weighted by Gasteiger charge is 2.28. The maximum atomic E-state index is 11.5. The van der Waals surface area contributed by atoms with Crippen LogP contribution in [0.5, 0.6) is 0 Å². The summed E-state index contributed by atoms with van der Waals surface area (Å²) in [6.07, 6.45) is 0.532. The van der Waals surface area contributed by atoms with Crippen molar-refractivity contribution in [3.8, 4) is 0 Å². The molecule has 1 unspecified atom stereocenters. The first-order chi connectivity index (χ1) is 6.88. The minimum Gasteiger partial charge on any atom is -0.460 e. The first-order valence-electron chi connectivity index (χ1n) is 4.91. The summed E-state index contributed by atoms with van der Waals surface area (Å²) in [6.45, 7) is 5.92. The molecule has 0 aromatic heterocycles. The van der Waals surface area contributed by atoms with E-state index in [4.69, 9.17) is 8.92 Å². The number of esters is 1. The van der Waals surface area contributed by atoms with E-state index in [1.54, 1.807) is 20.8 Å². The van der Waals surface area contributed by atoms with Crippen molar-refractivity contribution in [3.63, 3.8) is 0 Å². The van der Waals surface area contributed by atoms with Crippen LogP contribution in [0.25, 0.3) is 0 Å².